The number of amides is 1. The quantitative estimate of drug-likeness (QED) is 0.352. The van der Waals surface area contributed by atoms with Crippen molar-refractivity contribution in [3.8, 4) is 22.6 Å². The van der Waals surface area contributed by atoms with Crippen LogP contribution in [0, 0.1) is 0 Å². The summed E-state index contributed by atoms with van der Waals surface area (Å²) in [5.41, 5.74) is 5.95. The molecule has 0 unspecified atom stereocenters. The van der Waals surface area contributed by atoms with Crippen molar-refractivity contribution in [3.05, 3.63) is 90.3 Å². The van der Waals surface area contributed by atoms with Gasteiger partial charge in [-0.3, -0.25) is 9.36 Å². The van der Waals surface area contributed by atoms with E-state index in [9.17, 15) is 18.0 Å². The molecular weight excluding hydrogens is 465 g/mol. The lowest BCUT2D eigenvalue weighted by Gasteiger charge is -2.17. The van der Waals surface area contributed by atoms with Crippen LogP contribution in [0.4, 0.5) is 13.2 Å². The highest BCUT2D eigenvalue weighted by atomic mass is 32.2. The molecule has 0 spiro atoms. The molecule has 0 saturated heterocycles. The van der Waals surface area contributed by atoms with Gasteiger partial charge >= 0.3 is 6.18 Å². The zero-order chi connectivity index (χ0) is 24.1. The van der Waals surface area contributed by atoms with Gasteiger partial charge in [-0.2, -0.15) is 13.2 Å². The molecule has 0 atom stereocenters. The second-order valence-corrected chi connectivity index (χ2v) is 8.10. The van der Waals surface area contributed by atoms with Crippen molar-refractivity contribution >= 4 is 17.7 Å². The number of nitrogens with zero attached hydrogens (tertiary/aromatic N) is 3. The van der Waals surface area contributed by atoms with Crippen LogP contribution in [0.3, 0.4) is 0 Å². The Balaban J connectivity index is 1.72. The van der Waals surface area contributed by atoms with Crippen LogP contribution in [0.25, 0.3) is 16.8 Å². The highest BCUT2D eigenvalue weighted by molar-refractivity contribution is 7.99. The van der Waals surface area contributed by atoms with Crippen LogP contribution in [0.15, 0.2) is 84.0 Å². The molecule has 4 rings (SSSR count). The number of ether oxygens (including phenoxy) is 1. The van der Waals surface area contributed by atoms with Crippen molar-refractivity contribution in [1.29, 1.82) is 0 Å². The number of halogens is 3. The van der Waals surface area contributed by atoms with Gasteiger partial charge < -0.3 is 10.5 Å². The van der Waals surface area contributed by atoms with Crippen LogP contribution < -0.4 is 10.5 Å². The van der Waals surface area contributed by atoms with Crippen LogP contribution in [-0.4, -0.2) is 26.4 Å². The van der Waals surface area contributed by atoms with Crippen molar-refractivity contribution in [1.82, 2.24) is 14.8 Å². The monoisotopic (exact) mass is 484 g/mol. The Labute approximate surface area is 197 Å². The molecule has 1 aromatic heterocycles. The van der Waals surface area contributed by atoms with Gasteiger partial charge in [0.25, 0.3) is 0 Å². The largest absolute Gasteiger partial charge is 0.485 e. The zero-order valence-electron chi connectivity index (χ0n) is 17.7. The molecule has 0 saturated carbocycles. The highest BCUT2D eigenvalue weighted by Crippen LogP contribution is 2.36. The summed E-state index contributed by atoms with van der Waals surface area (Å²) in [5.74, 6) is -0.104. The Kier molecular flexibility index (Phi) is 6.87. The Bertz CT molecular complexity index is 1290. The summed E-state index contributed by atoms with van der Waals surface area (Å²) in [6.45, 7) is -0.153. The molecular formula is C24H19F3N4O2S. The molecule has 1 heterocycles. The predicted molar refractivity (Wildman–Crippen MR) is 122 cm³/mol. The van der Waals surface area contributed by atoms with Crippen molar-refractivity contribution in [2.75, 3.05) is 5.75 Å². The number of hydrogen-bond acceptors (Lipinski definition) is 5. The Morgan fingerprint density at radius 1 is 0.941 bits per heavy atom. The molecule has 0 aliphatic carbocycles. The van der Waals surface area contributed by atoms with Crippen molar-refractivity contribution < 1.29 is 22.7 Å². The number of carbonyl (C=O) groups is 1. The second-order valence-electron chi connectivity index (χ2n) is 7.15. The fourth-order valence-electron chi connectivity index (χ4n) is 3.36. The van der Waals surface area contributed by atoms with Crippen molar-refractivity contribution in [2.24, 2.45) is 5.73 Å². The third-order valence-electron chi connectivity index (χ3n) is 4.82. The smallest absolute Gasteiger partial charge is 0.418 e. The summed E-state index contributed by atoms with van der Waals surface area (Å²) in [6.07, 6.45) is -4.61. The lowest BCUT2D eigenvalue weighted by Crippen LogP contribution is -2.16. The predicted octanol–water partition coefficient (Wildman–Crippen LogP) is 5.11. The topological polar surface area (TPSA) is 83.0 Å². The summed E-state index contributed by atoms with van der Waals surface area (Å²) in [6, 6.07) is 22.0. The standard InChI is InChI=1S/C24H19F3N4O2S/c25-24(26,27)18-11-5-6-12-19(18)31-22(29-30-23(31)34-15-21(28)32)14-33-20-13-7-4-10-17(20)16-8-2-1-3-9-16/h1-13H,14-15H2,(H2,28,32). The van der Waals surface area contributed by atoms with Gasteiger partial charge in [-0.15, -0.1) is 10.2 Å². The number of rotatable bonds is 8. The molecule has 0 fully saturated rings. The van der Waals surface area contributed by atoms with Crippen LogP contribution in [0.2, 0.25) is 0 Å². The first-order valence-electron chi connectivity index (χ1n) is 10.1. The summed E-state index contributed by atoms with van der Waals surface area (Å²) >= 11 is 0.904. The normalized spacial score (nSPS) is 11.4. The van der Waals surface area contributed by atoms with Gasteiger partial charge in [-0.25, -0.2) is 0 Å². The summed E-state index contributed by atoms with van der Waals surface area (Å²) in [7, 11) is 0. The molecule has 2 N–H and O–H groups in total. The van der Waals surface area contributed by atoms with Crippen LogP contribution in [0.5, 0.6) is 5.75 Å². The number of thioether (sulfide) groups is 1. The highest BCUT2D eigenvalue weighted by Gasteiger charge is 2.35. The van der Waals surface area contributed by atoms with E-state index in [1.807, 2.05) is 42.5 Å². The maximum absolute atomic E-state index is 13.7. The molecule has 174 valence electrons. The van der Waals surface area contributed by atoms with Crippen LogP contribution in [0.1, 0.15) is 11.4 Å². The number of hydrogen-bond donors (Lipinski definition) is 1. The Morgan fingerprint density at radius 2 is 1.62 bits per heavy atom. The third kappa shape index (κ3) is 5.23. The molecule has 0 aliphatic heterocycles. The van der Waals surface area contributed by atoms with Gasteiger partial charge in [-0.05, 0) is 23.8 Å². The number of carbonyl (C=O) groups excluding carboxylic acids is 1. The number of primary amides is 1. The lowest BCUT2D eigenvalue weighted by atomic mass is 10.1. The first-order chi connectivity index (χ1) is 16.3. The fourth-order valence-corrected chi connectivity index (χ4v) is 4.07. The van der Waals surface area contributed by atoms with Gasteiger partial charge in [0.1, 0.15) is 12.4 Å². The average molecular weight is 485 g/mol. The molecule has 6 nitrogen and oxygen atoms in total. The number of benzene rings is 3. The Morgan fingerprint density at radius 3 is 2.35 bits per heavy atom. The van der Waals surface area contributed by atoms with Gasteiger partial charge in [0.05, 0.1) is 17.0 Å². The fraction of sp³-hybridized carbons (Fsp3) is 0.125. The number of aromatic nitrogens is 3. The molecule has 10 heteroatoms. The van der Waals surface area contributed by atoms with Gasteiger partial charge in [0.15, 0.2) is 11.0 Å². The lowest BCUT2D eigenvalue weighted by molar-refractivity contribution is -0.137. The molecule has 34 heavy (non-hydrogen) atoms. The van der Waals surface area contributed by atoms with E-state index in [2.05, 4.69) is 10.2 Å². The zero-order valence-corrected chi connectivity index (χ0v) is 18.5. The SMILES string of the molecule is NC(=O)CSc1nnc(COc2ccccc2-c2ccccc2)n1-c1ccccc1C(F)(F)F. The van der Waals surface area contributed by atoms with E-state index in [4.69, 9.17) is 10.5 Å². The number of nitrogens with two attached hydrogens (primary N) is 1. The molecule has 0 aliphatic rings. The molecule has 0 radical (unpaired) electrons. The second kappa shape index (κ2) is 10.0. The van der Waals surface area contributed by atoms with Gasteiger partial charge in [0.2, 0.25) is 5.91 Å². The van der Waals surface area contributed by atoms with E-state index in [-0.39, 0.29) is 29.0 Å². The van der Waals surface area contributed by atoms with Crippen molar-refractivity contribution in [3.63, 3.8) is 0 Å². The third-order valence-corrected chi connectivity index (χ3v) is 5.77. The summed E-state index contributed by atoms with van der Waals surface area (Å²) in [5, 5.41) is 8.16. The first-order valence-corrected chi connectivity index (χ1v) is 11.1. The van der Waals surface area contributed by atoms with Gasteiger partial charge in [-0.1, -0.05) is 72.4 Å². The molecule has 4 aromatic rings. The van der Waals surface area contributed by atoms with E-state index in [0.717, 1.165) is 29.0 Å². The molecule has 1 amide bonds. The number of para-hydroxylation sites is 2. The van der Waals surface area contributed by atoms with E-state index >= 15 is 0 Å². The molecule has 0 bridgehead atoms. The van der Waals surface area contributed by atoms with Crippen LogP contribution >= 0.6 is 11.8 Å². The first kappa shape index (κ1) is 23.4. The van der Waals surface area contributed by atoms with E-state index in [1.54, 1.807) is 12.1 Å². The summed E-state index contributed by atoms with van der Waals surface area (Å²) < 4.78 is 48.5. The van der Waals surface area contributed by atoms with Gasteiger partial charge in [0, 0.05) is 5.56 Å². The maximum atomic E-state index is 13.7. The average Bonchev–Trinajstić information content (AvgIpc) is 3.24. The summed E-state index contributed by atoms with van der Waals surface area (Å²) in [4.78, 5) is 11.3. The van der Waals surface area contributed by atoms with E-state index in [1.165, 1.54) is 22.8 Å². The van der Waals surface area contributed by atoms with Crippen LogP contribution in [-0.2, 0) is 17.6 Å². The molecule has 3 aromatic carbocycles. The maximum Gasteiger partial charge on any atom is 0.418 e. The minimum Gasteiger partial charge on any atom is -0.485 e. The Hall–Kier alpha value is -3.79. The minimum absolute atomic E-state index is 0.102. The number of alkyl halides is 3. The van der Waals surface area contributed by atoms with E-state index < -0.39 is 17.6 Å². The van der Waals surface area contributed by atoms with E-state index in [0.29, 0.717) is 5.75 Å². The van der Waals surface area contributed by atoms with Crippen molar-refractivity contribution in [2.45, 2.75) is 17.9 Å². The minimum atomic E-state index is -4.61.